The van der Waals surface area contributed by atoms with E-state index in [0.717, 1.165) is 41.1 Å². The van der Waals surface area contributed by atoms with Crippen molar-refractivity contribution >= 4 is 21.7 Å². The smallest absolute Gasteiger partial charge is 0.389 e. The van der Waals surface area contributed by atoms with Crippen LogP contribution in [0.5, 0.6) is 0 Å². The van der Waals surface area contributed by atoms with E-state index in [4.69, 9.17) is 0 Å². The topological polar surface area (TPSA) is 112 Å². The van der Waals surface area contributed by atoms with Crippen LogP contribution in [0.25, 0.3) is 5.69 Å². The highest BCUT2D eigenvalue weighted by Gasteiger charge is 2.35. The van der Waals surface area contributed by atoms with Crippen molar-refractivity contribution in [3.05, 3.63) is 97.7 Å². The Kier molecular flexibility index (Phi) is 8.63. The molecule has 1 N–H and O–H groups in total. The quantitative estimate of drug-likeness (QED) is 0.149. The summed E-state index contributed by atoms with van der Waals surface area (Å²) < 4.78 is 69.5. The number of hydrogen-bond acceptors (Lipinski definition) is 6. The normalized spacial score (nSPS) is 14.0. The molecule has 3 heterocycles. The van der Waals surface area contributed by atoms with Crippen LogP contribution in [-0.2, 0) is 19.1 Å². The number of nitrogens with zero attached hydrogens (tertiary/aromatic N) is 6. The summed E-state index contributed by atoms with van der Waals surface area (Å²) in [6.07, 6.45) is 1.43. The van der Waals surface area contributed by atoms with Gasteiger partial charge in [-0.05, 0) is 81.3 Å². The predicted octanol–water partition coefficient (Wildman–Crippen LogP) is 6.17. The molecule has 0 amide bonds. The molecule has 0 unspecified atom stereocenters. The summed E-state index contributed by atoms with van der Waals surface area (Å²) in [5.41, 5.74) is 0.349. The van der Waals surface area contributed by atoms with Gasteiger partial charge in [0.1, 0.15) is 5.82 Å². The second kappa shape index (κ2) is 11.8. The van der Waals surface area contributed by atoms with E-state index in [2.05, 4.69) is 31.1 Å². The van der Waals surface area contributed by atoms with Gasteiger partial charge in [-0.15, -0.1) is 0 Å². The predicted molar refractivity (Wildman–Crippen MR) is 135 cm³/mol. The lowest BCUT2D eigenvalue weighted by Crippen LogP contribution is -2.10. The van der Waals surface area contributed by atoms with Gasteiger partial charge in [-0.25, -0.2) is 9.07 Å². The molecule has 40 heavy (non-hydrogen) atoms. The van der Waals surface area contributed by atoms with Crippen molar-refractivity contribution in [3.63, 3.8) is 0 Å². The first-order chi connectivity index (χ1) is 18.8. The molecule has 0 radical (unpaired) electrons. The van der Waals surface area contributed by atoms with Gasteiger partial charge in [0.25, 0.3) is 0 Å². The molecule has 1 atom stereocenters. The number of aliphatic hydroxyl groups excluding tert-OH is 1. The van der Waals surface area contributed by atoms with Crippen molar-refractivity contribution in [2.75, 3.05) is 0 Å². The fourth-order valence-electron chi connectivity index (χ4n) is 3.86. The maximum Gasteiger partial charge on any atom is 0.435 e. The first-order valence-corrected chi connectivity index (χ1v) is 12.7. The average molecular weight is 629 g/mol. The number of benzene rings is 1. The van der Waals surface area contributed by atoms with E-state index in [1.165, 1.54) is 32.0 Å². The molecule has 15 heteroatoms. The summed E-state index contributed by atoms with van der Waals surface area (Å²) in [6, 6.07) is 5.53. The summed E-state index contributed by atoms with van der Waals surface area (Å²) in [5.74, 6) is -1.66. The molecule has 1 aliphatic carbocycles. The van der Waals surface area contributed by atoms with E-state index < -0.39 is 40.3 Å². The van der Waals surface area contributed by atoms with Crippen molar-refractivity contribution in [3.8, 4) is 5.69 Å². The highest BCUT2D eigenvalue weighted by atomic mass is 79.9. The second-order valence-electron chi connectivity index (χ2n) is 9.22. The SMILES string of the molecule is C[C@@H](O)c1cc(F)ccc1-n1nc(C(F)(F)F)cc1Cc1cnn(CC2CC2)c1.O=[N+]([O-])c1ncc(Br)cc1F. The van der Waals surface area contributed by atoms with E-state index in [1.807, 2.05) is 6.20 Å². The minimum atomic E-state index is -4.62. The number of hydrogen-bond donors (Lipinski definition) is 1. The number of pyridine rings is 1. The largest absolute Gasteiger partial charge is 0.435 e. The molecule has 5 rings (SSSR count). The van der Waals surface area contributed by atoms with Crippen LogP contribution in [0.3, 0.4) is 0 Å². The van der Waals surface area contributed by atoms with Gasteiger partial charge >= 0.3 is 12.0 Å². The van der Waals surface area contributed by atoms with Gasteiger partial charge in [0.05, 0.1) is 22.5 Å². The van der Waals surface area contributed by atoms with Crippen molar-refractivity contribution in [1.29, 1.82) is 0 Å². The Morgan fingerprint density at radius 2 is 1.93 bits per heavy atom. The fourth-order valence-corrected chi connectivity index (χ4v) is 4.16. The van der Waals surface area contributed by atoms with Gasteiger partial charge in [-0.2, -0.15) is 27.8 Å². The monoisotopic (exact) mass is 628 g/mol. The zero-order valence-corrected chi connectivity index (χ0v) is 22.4. The van der Waals surface area contributed by atoms with Crippen molar-refractivity contribution in [1.82, 2.24) is 24.5 Å². The summed E-state index contributed by atoms with van der Waals surface area (Å²) in [6.45, 7) is 2.23. The standard InChI is InChI=1S/C20H20F4N4O.C5H2BrFN2O2/c1-12(29)17-7-15(21)4-5-18(17)28-16(8-19(26-28)20(22,23)24)6-14-9-25-27(11-14)10-13-2-3-13;6-3-1-4(7)5(8-2-3)9(10)11/h4-5,7-9,11-13,29H,2-3,6,10H2,1H3;1-2H/t12-;/m1./s1. The van der Waals surface area contributed by atoms with Gasteiger partial charge in [0.15, 0.2) is 11.9 Å². The van der Waals surface area contributed by atoms with Crippen LogP contribution in [0.15, 0.2) is 53.4 Å². The highest BCUT2D eigenvalue weighted by molar-refractivity contribution is 9.10. The molecule has 0 aliphatic heterocycles. The zero-order chi connectivity index (χ0) is 29.2. The van der Waals surface area contributed by atoms with Crippen molar-refractivity contribution < 1.29 is 32.0 Å². The number of aliphatic hydroxyl groups is 1. The Hall–Kier alpha value is -3.72. The average Bonchev–Trinajstić information content (AvgIpc) is 3.39. The molecule has 4 aromatic rings. The number of aromatic nitrogens is 5. The lowest BCUT2D eigenvalue weighted by molar-refractivity contribution is -0.392. The maximum atomic E-state index is 13.6. The van der Waals surface area contributed by atoms with E-state index in [-0.39, 0.29) is 23.4 Å². The van der Waals surface area contributed by atoms with Gasteiger partial charge in [0, 0.05) is 36.5 Å². The van der Waals surface area contributed by atoms with Crippen LogP contribution < -0.4 is 0 Å². The lowest BCUT2D eigenvalue weighted by atomic mass is 10.1. The number of alkyl halides is 3. The Bertz CT molecular complexity index is 1520. The van der Waals surface area contributed by atoms with Crippen molar-refractivity contribution in [2.24, 2.45) is 5.92 Å². The molecular formula is C25H22BrF5N6O3. The molecule has 212 valence electrons. The van der Waals surface area contributed by atoms with Gasteiger partial charge in [-0.1, -0.05) is 0 Å². The van der Waals surface area contributed by atoms with E-state index in [1.54, 1.807) is 10.9 Å². The van der Waals surface area contributed by atoms with Crippen LogP contribution in [0.1, 0.15) is 48.4 Å². The third kappa shape index (κ3) is 7.27. The van der Waals surface area contributed by atoms with Crippen LogP contribution >= 0.6 is 15.9 Å². The van der Waals surface area contributed by atoms with E-state index >= 15 is 0 Å². The first-order valence-electron chi connectivity index (χ1n) is 11.9. The molecule has 9 nitrogen and oxygen atoms in total. The van der Waals surface area contributed by atoms with Gasteiger partial charge < -0.3 is 15.2 Å². The third-order valence-corrected chi connectivity index (χ3v) is 6.35. The minimum absolute atomic E-state index is 0.160. The molecule has 1 aromatic carbocycles. The summed E-state index contributed by atoms with van der Waals surface area (Å²) >= 11 is 2.92. The second-order valence-corrected chi connectivity index (χ2v) is 10.1. The number of rotatable bonds is 7. The number of nitro groups is 1. The molecular weight excluding hydrogens is 607 g/mol. The molecule has 0 saturated heterocycles. The summed E-state index contributed by atoms with van der Waals surface area (Å²) in [4.78, 5) is 12.4. The highest BCUT2D eigenvalue weighted by Crippen LogP contribution is 2.33. The first kappa shape index (κ1) is 29.3. The zero-order valence-electron chi connectivity index (χ0n) is 20.8. The number of halogens is 6. The Morgan fingerprint density at radius 1 is 1.20 bits per heavy atom. The minimum Gasteiger partial charge on any atom is -0.389 e. The molecule has 1 fully saturated rings. The Labute approximate surface area is 232 Å². The van der Waals surface area contributed by atoms with E-state index in [9.17, 15) is 37.2 Å². The molecule has 0 spiro atoms. The molecule has 1 aliphatic rings. The lowest BCUT2D eigenvalue weighted by Gasteiger charge is -2.14. The summed E-state index contributed by atoms with van der Waals surface area (Å²) in [5, 5.41) is 28.0. The molecule has 1 saturated carbocycles. The molecule has 0 bridgehead atoms. The van der Waals surface area contributed by atoms with Crippen LogP contribution in [0.2, 0.25) is 0 Å². The van der Waals surface area contributed by atoms with Gasteiger partial charge in [0.2, 0.25) is 5.82 Å². The Morgan fingerprint density at radius 3 is 2.52 bits per heavy atom. The summed E-state index contributed by atoms with van der Waals surface area (Å²) in [7, 11) is 0. The molecule has 3 aromatic heterocycles. The fraction of sp³-hybridized carbons (Fsp3) is 0.320. The maximum absolute atomic E-state index is 13.6. The van der Waals surface area contributed by atoms with Crippen molar-refractivity contribution in [2.45, 2.75) is 45.0 Å². The third-order valence-electron chi connectivity index (χ3n) is 5.92. The Balaban J connectivity index is 0.000000283. The van der Waals surface area contributed by atoms with E-state index in [0.29, 0.717) is 10.4 Å². The van der Waals surface area contributed by atoms with Gasteiger partial charge in [-0.3, -0.25) is 4.68 Å². The van der Waals surface area contributed by atoms with Crippen LogP contribution in [0, 0.1) is 27.7 Å². The van der Waals surface area contributed by atoms with Crippen LogP contribution in [-0.4, -0.2) is 34.6 Å². The van der Waals surface area contributed by atoms with Crippen LogP contribution in [0.4, 0.5) is 27.8 Å².